The normalized spacial score (nSPS) is 20.4. The first-order valence-electron chi connectivity index (χ1n) is 8.84. The van der Waals surface area contributed by atoms with Crippen LogP contribution in [0.15, 0.2) is 23.2 Å². The number of likely N-dealkylation sites (tertiary alicyclic amines) is 1. The number of aliphatic imine (C=N–C) groups is 1. The van der Waals surface area contributed by atoms with E-state index >= 15 is 0 Å². The van der Waals surface area contributed by atoms with Crippen LogP contribution in [0.25, 0.3) is 0 Å². The Morgan fingerprint density at radius 1 is 1.29 bits per heavy atom. The monoisotopic (exact) mass is 332 g/mol. The first-order valence-corrected chi connectivity index (χ1v) is 8.84. The van der Waals surface area contributed by atoms with E-state index < -0.39 is 0 Å². The van der Waals surface area contributed by atoms with E-state index in [1.54, 1.807) is 0 Å². The Morgan fingerprint density at radius 3 is 3.00 bits per heavy atom. The molecular weight excluding hydrogens is 304 g/mol. The molecule has 0 saturated carbocycles. The highest BCUT2D eigenvalue weighted by Crippen LogP contribution is 2.32. The number of nitrogens with one attached hydrogen (secondary N) is 2. The molecule has 2 aliphatic rings. The van der Waals surface area contributed by atoms with Crippen molar-refractivity contribution in [2.45, 2.75) is 26.3 Å². The van der Waals surface area contributed by atoms with Crippen molar-refractivity contribution >= 4 is 5.96 Å². The van der Waals surface area contributed by atoms with Crippen LogP contribution in [0, 0.1) is 5.92 Å². The zero-order valence-electron chi connectivity index (χ0n) is 14.7. The second-order valence-corrected chi connectivity index (χ2v) is 6.45. The van der Waals surface area contributed by atoms with Gasteiger partial charge in [0.05, 0.1) is 0 Å². The number of guanidine groups is 1. The molecule has 2 N–H and O–H groups in total. The number of hydrogen-bond donors (Lipinski definition) is 2. The van der Waals surface area contributed by atoms with Gasteiger partial charge < -0.3 is 25.0 Å². The number of fused-ring (bicyclic) bond motifs is 1. The number of benzene rings is 1. The number of rotatable bonds is 6. The highest BCUT2D eigenvalue weighted by Gasteiger charge is 2.21. The Balaban J connectivity index is 1.42. The van der Waals surface area contributed by atoms with Crippen LogP contribution in [-0.2, 0) is 6.54 Å². The summed E-state index contributed by atoms with van der Waals surface area (Å²) in [6.07, 6.45) is 2.51. The maximum Gasteiger partial charge on any atom is 0.231 e. The standard InChI is InChI=1S/C18H28N4O2/c1-3-7-22-8-6-15(12-22)11-21-18(19-2)20-10-14-4-5-16-17(9-14)24-13-23-16/h4-5,9,15H,3,6-8,10-13H2,1-2H3,(H2,19,20,21). The maximum absolute atomic E-state index is 5.42. The Hall–Kier alpha value is -1.95. The van der Waals surface area contributed by atoms with Crippen LogP contribution in [-0.4, -0.2) is 50.9 Å². The molecule has 6 heteroatoms. The molecule has 2 aliphatic heterocycles. The van der Waals surface area contributed by atoms with Crippen molar-refractivity contribution in [3.63, 3.8) is 0 Å². The smallest absolute Gasteiger partial charge is 0.231 e. The Kier molecular flexibility index (Phi) is 5.80. The molecule has 6 nitrogen and oxygen atoms in total. The highest BCUT2D eigenvalue weighted by molar-refractivity contribution is 5.79. The summed E-state index contributed by atoms with van der Waals surface area (Å²) in [6.45, 7) is 7.88. The third kappa shape index (κ3) is 4.32. The molecule has 1 unspecified atom stereocenters. The van der Waals surface area contributed by atoms with E-state index in [0.29, 0.717) is 19.3 Å². The van der Waals surface area contributed by atoms with Gasteiger partial charge in [0.15, 0.2) is 17.5 Å². The zero-order valence-corrected chi connectivity index (χ0v) is 14.7. The molecule has 1 fully saturated rings. The first-order chi connectivity index (χ1) is 11.8. The van der Waals surface area contributed by atoms with Crippen molar-refractivity contribution in [2.24, 2.45) is 10.9 Å². The lowest BCUT2D eigenvalue weighted by Crippen LogP contribution is -2.39. The SMILES string of the molecule is CCCN1CCC(CNC(=NC)NCc2ccc3c(c2)OCO3)C1. The molecule has 1 aromatic carbocycles. The van der Waals surface area contributed by atoms with Crippen molar-refractivity contribution < 1.29 is 9.47 Å². The first kappa shape index (κ1) is 16.9. The fourth-order valence-corrected chi connectivity index (χ4v) is 3.30. The summed E-state index contributed by atoms with van der Waals surface area (Å²) in [5.41, 5.74) is 1.15. The number of hydrogen-bond acceptors (Lipinski definition) is 4. The molecule has 132 valence electrons. The van der Waals surface area contributed by atoms with Gasteiger partial charge in [-0.3, -0.25) is 4.99 Å². The van der Waals surface area contributed by atoms with Gasteiger partial charge in [-0.1, -0.05) is 13.0 Å². The Morgan fingerprint density at radius 2 is 2.17 bits per heavy atom. The van der Waals surface area contributed by atoms with E-state index in [4.69, 9.17) is 9.47 Å². The van der Waals surface area contributed by atoms with Crippen LogP contribution in [0.4, 0.5) is 0 Å². The summed E-state index contributed by atoms with van der Waals surface area (Å²) in [6, 6.07) is 6.02. The molecule has 2 heterocycles. The molecule has 0 radical (unpaired) electrons. The summed E-state index contributed by atoms with van der Waals surface area (Å²) in [7, 11) is 1.81. The molecule has 0 amide bonds. The predicted molar refractivity (Wildman–Crippen MR) is 95.6 cm³/mol. The van der Waals surface area contributed by atoms with Gasteiger partial charge >= 0.3 is 0 Å². The fourth-order valence-electron chi connectivity index (χ4n) is 3.30. The molecular formula is C18H28N4O2. The average Bonchev–Trinajstić information content (AvgIpc) is 3.24. The van der Waals surface area contributed by atoms with Crippen molar-refractivity contribution in [1.82, 2.24) is 15.5 Å². The lowest BCUT2D eigenvalue weighted by molar-refractivity contribution is 0.174. The highest BCUT2D eigenvalue weighted by atomic mass is 16.7. The Labute approximate surface area is 144 Å². The van der Waals surface area contributed by atoms with Crippen molar-refractivity contribution in [2.75, 3.05) is 40.0 Å². The van der Waals surface area contributed by atoms with Gasteiger partial charge in [-0.25, -0.2) is 0 Å². The lowest BCUT2D eigenvalue weighted by Gasteiger charge is -2.17. The predicted octanol–water partition coefficient (Wildman–Crippen LogP) is 1.81. The minimum absolute atomic E-state index is 0.311. The summed E-state index contributed by atoms with van der Waals surface area (Å²) in [5, 5.41) is 6.82. The average molecular weight is 332 g/mol. The largest absolute Gasteiger partial charge is 0.454 e. The summed E-state index contributed by atoms with van der Waals surface area (Å²) in [4.78, 5) is 6.87. The summed E-state index contributed by atoms with van der Waals surface area (Å²) in [5.74, 6) is 3.19. The van der Waals surface area contributed by atoms with Crippen molar-refractivity contribution in [1.29, 1.82) is 0 Å². The van der Waals surface area contributed by atoms with E-state index in [0.717, 1.165) is 29.6 Å². The van der Waals surface area contributed by atoms with Gasteiger partial charge in [0.2, 0.25) is 6.79 Å². The van der Waals surface area contributed by atoms with Gasteiger partial charge in [-0.2, -0.15) is 0 Å². The topological polar surface area (TPSA) is 58.1 Å². The van der Waals surface area contributed by atoms with Gasteiger partial charge in [-0.05, 0) is 49.5 Å². The third-order valence-corrected chi connectivity index (χ3v) is 4.59. The van der Waals surface area contributed by atoms with E-state index in [9.17, 15) is 0 Å². The molecule has 3 rings (SSSR count). The van der Waals surface area contributed by atoms with E-state index in [1.807, 2.05) is 25.2 Å². The number of nitrogens with zero attached hydrogens (tertiary/aromatic N) is 2. The van der Waals surface area contributed by atoms with Gasteiger partial charge in [0, 0.05) is 26.7 Å². The van der Waals surface area contributed by atoms with Crippen LogP contribution >= 0.6 is 0 Å². The minimum Gasteiger partial charge on any atom is -0.454 e. The van der Waals surface area contributed by atoms with Crippen molar-refractivity contribution in [3.8, 4) is 11.5 Å². The van der Waals surface area contributed by atoms with E-state index in [2.05, 4.69) is 27.4 Å². The van der Waals surface area contributed by atoms with Gasteiger partial charge in [-0.15, -0.1) is 0 Å². The van der Waals surface area contributed by atoms with Crippen LogP contribution in [0.5, 0.6) is 11.5 Å². The number of ether oxygens (including phenoxy) is 2. The second-order valence-electron chi connectivity index (χ2n) is 6.45. The lowest BCUT2D eigenvalue weighted by atomic mass is 10.1. The molecule has 0 aliphatic carbocycles. The van der Waals surface area contributed by atoms with Gasteiger partial charge in [0.1, 0.15) is 0 Å². The van der Waals surface area contributed by atoms with Crippen LogP contribution in [0.1, 0.15) is 25.3 Å². The van der Waals surface area contributed by atoms with Crippen LogP contribution < -0.4 is 20.1 Å². The summed E-state index contributed by atoms with van der Waals surface area (Å²) < 4.78 is 10.8. The third-order valence-electron chi connectivity index (χ3n) is 4.59. The van der Waals surface area contributed by atoms with E-state index in [1.165, 1.54) is 32.5 Å². The molecule has 1 atom stereocenters. The van der Waals surface area contributed by atoms with Gasteiger partial charge in [0.25, 0.3) is 0 Å². The van der Waals surface area contributed by atoms with E-state index in [-0.39, 0.29) is 0 Å². The zero-order chi connectivity index (χ0) is 16.8. The fraction of sp³-hybridized carbons (Fsp3) is 0.611. The molecule has 0 spiro atoms. The molecule has 1 aromatic rings. The quantitative estimate of drug-likeness (QED) is 0.615. The molecule has 0 aromatic heterocycles. The van der Waals surface area contributed by atoms with Crippen LogP contribution in [0.2, 0.25) is 0 Å². The van der Waals surface area contributed by atoms with Crippen molar-refractivity contribution in [3.05, 3.63) is 23.8 Å². The molecule has 1 saturated heterocycles. The van der Waals surface area contributed by atoms with Crippen LogP contribution in [0.3, 0.4) is 0 Å². The minimum atomic E-state index is 0.311. The summed E-state index contributed by atoms with van der Waals surface area (Å²) >= 11 is 0. The maximum atomic E-state index is 5.42. The molecule has 24 heavy (non-hydrogen) atoms. The molecule has 0 bridgehead atoms. The Bertz CT molecular complexity index is 576. The second kappa shape index (κ2) is 8.24.